The molecule has 2 fully saturated rings. The lowest BCUT2D eigenvalue weighted by Crippen LogP contribution is -2.17. The molecular weight excluding hydrogens is 350 g/mol. The molecule has 3 rings (SSSR count). The third-order valence-corrected chi connectivity index (χ3v) is 6.26. The van der Waals surface area contributed by atoms with E-state index in [0.29, 0.717) is 23.6 Å². The summed E-state index contributed by atoms with van der Waals surface area (Å²) in [4.78, 5) is 7.79. The van der Waals surface area contributed by atoms with E-state index in [1.807, 2.05) is 13.0 Å². The van der Waals surface area contributed by atoms with E-state index < -0.39 is 6.43 Å². The Hall–Kier alpha value is -1.49. The van der Waals surface area contributed by atoms with Gasteiger partial charge in [0, 0.05) is 18.8 Å². The van der Waals surface area contributed by atoms with Crippen molar-refractivity contribution in [3.05, 3.63) is 44.9 Å². The molecule has 0 radical (unpaired) electrons. The molecule has 2 heterocycles. The lowest BCUT2D eigenvalue weighted by atomic mass is 10.1. The standard InChI is InChI=1S/C21H28F2N2S/c1-4-14(2)20(21(22)23)24-18(11-15(3)25-9-5-6-10-25)19-12-17(13-26-19)16-7-8-16/h11-13,16,21H,4-10H2,1-3H3/b15-11+,20-14?,24-18?. The van der Waals surface area contributed by atoms with Crippen molar-refractivity contribution in [2.75, 3.05) is 13.1 Å². The molecule has 142 valence electrons. The van der Waals surface area contributed by atoms with E-state index in [4.69, 9.17) is 0 Å². The van der Waals surface area contributed by atoms with Crippen LogP contribution in [0.25, 0.3) is 0 Å². The van der Waals surface area contributed by atoms with Gasteiger partial charge in [0.05, 0.1) is 10.6 Å². The van der Waals surface area contributed by atoms with E-state index in [-0.39, 0.29) is 5.70 Å². The zero-order valence-electron chi connectivity index (χ0n) is 15.9. The molecule has 0 aromatic carbocycles. The van der Waals surface area contributed by atoms with Crippen molar-refractivity contribution in [3.8, 4) is 0 Å². The number of nitrogens with zero attached hydrogens (tertiary/aromatic N) is 2. The lowest BCUT2D eigenvalue weighted by Gasteiger charge is -2.18. The molecule has 5 heteroatoms. The van der Waals surface area contributed by atoms with Crippen LogP contribution in [0.15, 0.2) is 39.5 Å². The van der Waals surface area contributed by atoms with Crippen LogP contribution in [0.2, 0.25) is 0 Å². The van der Waals surface area contributed by atoms with Gasteiger partial charge in [-0.1, -0.05) is 6.92 Å². The number of alkyl halides is 2. The Bertz CT molecular complexity index is 720. The molecule has 1 saturated heterocycles. The summed E-state index contributed by atoms with van der Waals surface area (Å²) in [5, 5.41) is 2.17. The van der Waals surface area contributed by atoms with Gasteiger partial charge in [0.25, 0.3) is 6.43 Å². The second-order valence-corrected chi connectivity index (χ2v) is 8.23. The minimum absolute atomic E-state index is 0.0747. The van der Waals surface area contributed by atoms with Gasteiger partial charge in [0.15, 0.2) is 0 Å². The SMILES string of the molecule is CCC(C)=C(N=C(/C=C(\C)N1CCCC1)c1cc(C2CC2)cs1)C(F)F. The fourth-order valence-corrected chi connectivity index (χ4v) is 4.23. The third kappa shape index (κ3) is 4.61. The van der Waals surface area contributed by atoms with Crippen LogP contribution in [0.5, 0.6) is 0 Å². The van der Waals surface area contributed by atoms with Crippen LogP contribution in [0.4, 0.5) is 8.78 Å². The Morgan fingerprint density at radius 1 is 1.31 bits per heavy atom. The fraction of sp³-hybridized carbons (Fsp3) is 0.571. The van der Waals surface area contributed by atoms with E-state index in [9.17, 15) is 8.78 Å². The van der Waals surface area contributed by atoms with Crippen LogP contribution in [-0.4, -0.2) is 30.1 Å². The lowest BCUT2D eigenvalue weighted by molar-refractivity contribution is 0.186. The van der Waals surface area contributed by atoms with Gasteiger partial charge in [0.1, 0.15) is 5.70 Å². The predicted octanol–water partition coefficient (Wildman–Crippen LogP) is 6.36. The van der Waals surface area contributed by atoms with Crippen LogP contribution in [-0.2, 0) is 0 Å². The maximum absolute atomic E-state index is 13.6. The number of halogens is 2. The summed E-state index contributed by atoms with van der Waals surface area (Å²) >= 11 is 1.62. The van der Waals surface area contributed by atoms with Crippen molar-refractivity contribution in [1.29, 1.82) is 0 Å². The molecule has 1 aliphatic carbocycles. The maximum Gasteiger partial charge on any atom is 0.280 e. The van der Waals surface area contributed by atoms with E-state index >= 15 is 0 Å². The summed E-state index contributed by atoms with van der Waals surface area (Å²) in [6.07, 6.45) is 4.90. The Balaban J connectivity index is 1.99. The molecular formula is C21H28F2N2S. The molecule has 26 heavy (non-hydrogen) atoms. The monoisotopic (exact) mass is 378 g/mol. The van der Waals surface area contributed by atoms with Crippen molar-refractivity contribution < 1.29 is 8.78 Å². The first-order valence-corrected chi connectivity index (χ1v) is 10.5. The Kier molecular flexibility index (Phi) is 6.28. The van der Waals surface area contributed by atoms with Crippen molar-refractivity contribution in [2.45, 2.75) is 65.2 Å². The molecule has 0 N–H and O–H groups in total. The maximum atomic E-state index is 13.6. The number of hydrogen-bond acceptors (Lipinski definition) is 3. The number of hydrogen-bond donors (Lipinski definition) is 0. The number of rotatable bonds is 7. The molecule has 1 saturated carbocycles. The first-order valence-electron chi connectivity index (χ1n) is 9.58. The molecule has 2 nitrogen and oxygen atoms in total. The predicted molar refractivity (Wildman–Crippen MR) is 106 cm³/mol. The zero-order valence-corrected chi connectivity index (χ0v) is 16.7. The molecule has 0 unspecified atom stereocenters. The highest BCUT2D eigenvalue weighted by Crippen LogP contribution is 2.42. The first kappa shape index (κ1) is 19.3. The van der Waals surface area contributed by atoms with Crippen LogP contribution in [0, 0.1) is 0 Å². The minimum Gasteiger partial charge on any atom is -0.375 e. The van der Waals surface area contributed by atoms with E-state index in [1.165, 1.54) is 31.2 Å². The molecule has 2 aliphatic rings. The summed E-state index contributed by atoms with van der Waals surface area (Å²) in [7, 11) is 0. The van der Waals surface area contributed by atoms with Crippen molar-refractivity contribution in [2.24, 2.45) is 4.99 Å². The van der Waals surface area contributed by atoms with Gasteiger partial charge in [-0.05, 0) is 80.5 Å². The Labute approximate surface area is 159 Å². The number of allylic oxidation sites excluding steroid dienone is 4. The summed E-state index contributed by atoms with van der Waals surface area (Å²) in [5.74, 6) is 0.660. The van der Waals surface area contributed by atoms with Gasteiger partial charge in [-0.25, -0.2) is 13.8 Å². The second-order valence-electron chi connectivity index (χ2n) is 7.32. The Morgan fingerprint density at radius 3 is 2.58 bits per heavy atom. The van der Waals surface area contributed by atoms with Gasteiger partial charge in [0.2, 0.25) is 0 Å². The van der Waals surface area contributed by atoms with Gasteiger partial charge >= 0.3 is 0 Å². The highest BCUT2D eigenvalue weighted by atomic mass is 32.1. The normalized spacial score (nSPS) is 20.2. The molecule has 1 aliphatic heterocycles. The van der Waals surface area contributed by atoms with Crippen LogP contribution >= 0.6 is 11.3 Å². The van der Waals surface area contributed by atoms with Crippen molar-refractivity contribution in [3.63, 3.8) is 0 Å². The topological polar surface area (TPSA) is 15.6 Å². The van der Waals surface area contributed by atoms with E-state index in [0.717, 1.165) is 23.7 Å². The largest absolute Gasteiger partial charge is 0.375 e. The van der Waals surface area contributed by atoms with Crippen molar-refractivity contribution in [1.82, 2.24) is 4.90 Å². The Morgan fingerprint density at radius 2 is 2.00 bits per heavy atom. The second kappa shape index (κ2) is 8.47. The smallest absolute Gasteiger partial charge is 0.280 e. The molecule has 0 amide bonds. The summed E-state index contributed by atoms with van der Waals surface area (Å²) in [5.41, 5.74) is 3.71. The van der Waals surface area contributed by atoms with Crippen molar-refractivity contribution >= 4 is 17.0 Å². The van der Waals surface area contributed by atoms with Crippen LogP contribution in [0.1, 0.15) is 69.2 Å². The zero-order chi connectivity index (χ0) is 18.7. The fourth-order valence-electron chi connectivity index (χ4n) is 3.27. The highest BCUT2D eigenvalue weighted by Gasteiger charge is 2.25. The molecule has 0 bridgehead atoms. The van der Waals surface area contributed by atoms with Gasteiger partial charge in [-0.2, -0.15) is 0 Å². The summed E-state index contributed by atoms with van der Waals surface area (Å²) in [6.45, 7) is 7.80. The highest BCUT2D eigenvalue weighted by molar-refractivity contribution is 7.12. The molecule has 0 spiro atoms. The number of aliphatic imine (C=N–C) groups is 1. The molecule has 1 aromatic rings. The minimum atomic E-state index is -2.55. The number of thiophene rings is 1. The molecule has 1 aromatic heterocycles. The average molecular weight is 379 g/mol. The van der Waals surface area contributed by atoms with E-state index in [2.05, 4.69) is 28.3 Å². The van der Waals surface area contributed by atoms with Crippen LogP contribution < -0.4 is 0 Å². The molecule has 0 atom stereocenters. The quantitative estimate of drug-likeness (QED) is 0.504. The third-order valence-electron chi connectivity index (χ3n) is 5.29. The van der Waals surface area contributed by atoms with Gasteiger partial charge in [-0.15, -0.1) is 11.3 Å². The average Bonchev–Trinajstić information content (AvgIpc) is 3.13. The van der Waals surface area contributed by atoms with Gasteiger partial charge in [-0.3, -0.25) is 0 Å². The summed E-state index contributed by atoms with van der Waals surface area (Å²) in [6, 6.07) is 2.15. The van der Waals surface area contributed by atoms with Crippen LogP contribution in [0.3, 0.4) is 0 Å². The van der Waals surface area contributed by atoms with E-state index in [1.54, 1.807) is 18.3 Å². The first-order chi connectivity index (χ1) is 12.5. The van der Waals surface area contributed by atoms with Gasteiger partial charge < -0.3 is 4.90 Å². The number of likely N-dealkylation sites (tertiary alicyclic amines) is 1. The summed E-state index contributed by atoms with van der Waals surface area (Å²) < 4.78 is 27.2.